The van der Waals surface area contributed by atoms with Gasteiger partial charge in [-0.05, 0) is 266 Å². The third kappa shape index (κ3) is 8.34. The van der Waals surface area contributed by atoms with Crippen LogP contribution < -0.4 is 0 Å². The van der Waals surface area contributed by atoms with Crippen LogP contribution in [-0.4, -0.2) is 84.6 Å². The number of allylic oxidation sites excluding steroid dienone is 1. The summed E-state index contributed by atoms with van der Waals surface area (Å²) in [4.78, 5) is 36.6. The average molecular weight is 1000 g/mol. The van der Waals surface area contributed by atoms with Crippen LogP contribution >= 0.6 is 0 Å². The van der Waals surface area contributed by atoms with Gasteiger partial charge in [-0.15, -0.1) is 0 Å². The Kier molecular flexibility index (Phi) is 14.3. The summed E-state index contributed by atoms with van der Waals surface area (Å²) in [7, 11) is 0. The Labute approximate surface area is 434 Å². The smallest absolute Gasteiger partial charge is 0.133 e. The summed E-state index contributed by atoms with van der Waals surface area (Å²) >= 11 is 0. The van der Waals surface area contributed by atoms with Crippen molar-refractivity contribution in [3.63, 3.8) is 0 Å². The number of rotatable bonds is 3. The minimum Gasteiger partial charge on any atom is -0.393 e. The van der Waals surface area contributed by atoms with Gasteiger partial charge in [0.05, 0.1) is 36.6 Å². The Balaban J connectivity index is 0.000000124. The van der Waals surface area contributed by atoms with E-state index in [0.29, 0.717) is 82.4 Å². The third-order valence-corrected chi connectivity index (χ3v) is 26.6. The SMILES string of the molecule is CC(=O)[C@H]1CC[C@H]2[C@@H]3CC=C4C[C@@H](O)CC[C@]4(C)[C@H]3[C@@H](O)C[C@]12C.CC(=O)[C@H]1CC[C@H]2[C@@H]3CCC4C[C@@H](O)CC[C@]4(C)[C@H]3[C@@H](O)C[C@]12C.CC(=O)[C@H]1CC[C@H]2[C@@H]3CCC4C[C@@H](O)CC[C@]4(C)[C@H]3[C@@H](O)C[C@]12C. The number of aliphatic hydroxyl groups is 6. The molecule has 12 aliphatic rings. The number of aliphatic hydroxyl groups excluding tert-OH is 6. The van der Waals surface area contributed by atoms with Crippen LogP contribution in [0.2, 0.25) is 0 Å². The molecule has 9 heteroatoms. The van der Waals surface area contributed by atoms with Crippen LogP contribution in [0.3, 0.4) is 0 Å². The van der Waals surface area contributed by atoms with E-state index in [0.717, 1.165) is 122 Å². The Morgan fingerprint density at radius 1 is 0.431 bits per heavy atom. The lowest BCUT2D eigenvalue weighted by Gasteiger charge is -2.62. The van der Waals surface area contributed by atoms with E-state index in [2.05, 4.69) is 47.6 Å². The minimum absolute atomic E-state index is 0.00376. The minimum atomic E-state index is -0.319. The highest BCUT2D eigenvalue weighted by Gasteiger charge is 2.66. The highest BCUT2D eigenvalue weighted by atomic mass is 16.3. The molecule has 0 aromatic heterocycles. The molecule has 11 fully saturated rings. The number of carbonyl (C=O) groups excluding carboxylic acids is 3. The molecular weight excluding hydrogens is 901 g/mol. The zero-order valence-corrected chi connectivity index (χ0v) is 46.3. The maximum Gasteiger partial charge on any atom is 0.133 e. The maximum absolute atomic E-state index is 12.2. The number of ketones is 3. The molecule has 406 valence electrons. The van der Waals surface area contributed by atoms with Crippen LogP contribution in [0.5, 0.6) is 0 Å². The number of hydrogen-bond donors (Lipinski definition) is 6. The molecule has 12 rings (SSSR count). The molecule has 2 unspecified atom stereocenters. The molecule has 9 nitrogen and oxygen atoms in total. The van der Waals surface area contributed by atoms with Gasteiger partial charge in [0, 0.05) is 17.8 Å². The van der Waals surface area contributed by atoms with Crippen LogP contribution in [0.15, 0.2) is 11.6 Å². The number of fused-ring (bicyclic) bond motifs is 15. The van der Waals surface area contributed by atoms with Gasteiger partial charge >= 0.3 is 0 Å². The fraction of sp³-hybridized carbons (Fsp3) is 0.921. The number of Topliss-reactive ketones (excluding diaryl/α,β-unsaturated/α-hetero) is 3. The first-order valence-electron chi connectivity index (χ1n) is 30.1. The van der Waals surface area contributed by atoms with E-state index in [9.17, 15) is 45.0 Å². The lowest BCUT2D eigenvalue weighted by molar-refractivity contribution is -0.178. The van der Waals surface area contributed by atoms with Crippen LogP contribution in [0.4, 0.5) is 0 Å². The molecule has 0 spiro atoms. The molecule has 0 aromatic carbocycles. The van der Waals surface area contributed by atoms with Crippen LogP contribution in [0, 0.1) is 115 Å². The fourth-order valence-corrected chi connectivity index (χ4v) is 23.5. The summed E-state index contributed by atoms with van der Waals surface area (Å²) in [6, 6.07) is 0. The summed E-state index contributed by atoms with van der Waals surface area (Å²) in [5.41, 5.74) is 1.76. The van der Waals surface area contributed by atoms with Crippen molar-refractivity contribution in [2.24, 2.45) is 115 Å². The Hall–Kier alpha value is -1.49. The fourth-order valence-electron chi connectivity index (χ4n) is 23.5. The Morgan fingerprint density at radius 2 is 0.806 bits per heavy atom. The largest absolute Gasteiger partial charge is 0.393 e. The van der Waals surface area contributed by atoms with Crippen LogP contribution in [0.25, 0.3) is 0 Å². The van der Waals surface area contributed by atoms with Crippen LogP contribution in [0.1, 0.15) is 210 Å². The van der Waals surface area contributed by atoms with Gasteiger partial charge in [-0.1, -0.05) is 53.2 Å². The summed E-state index contributed by atoms with van der Waals surface area (Å²) in [5.74, 6) is 6.94. The van der Waals surface area contributed by atoms with Crippen LogP contribution in [-0.2, 0) is 14.4 Å². The quantitative estimate of drug-likeness (QED) is 0.151. The molecule has 11 saturated carbocycles. The molecule has 0 amide bonds. The summed E-state index contributed by atoms with van der Waals surface area (Å²) in [6.45, 7) is 19.2. The molecule has 0 bridgehead atoms. The summed E-state index contributed by atoms with van der Waals surface area (Å²) in [5, 5.41) is 63.9. The van der Waals surface area contributed by atoms with Crippen molar-refractivity contribution < 1.29 is 45.0 Å². The molecule has 0 heterocycles. The highest BCUT2D eigenvalue weighted by Crippen LogP contribution is 2.70. The van der Waals surface area contributed by atoms with Gasteiger partial charge in [-0.2, -0.15) is 0 Å². The molecule has 12 aliphatic carbocycles. The van der Waals surface area contributed by atoms with Crippen molar-refractivity contribution >= 4 is 17.3 Å². The zero-order chi connectivity index (χ0) is 51.8. The van der Waals surface area contributed by atoms with Crippen molar-refractivity contribution in [3.8, 4) is 0 Å². The van der Waals surface area contributed by atoms with E-state index in [1.165, 1.54) is 31.3 Å². The lowest BCUT2D eigenvalue weighted by atomic mass is 9.44. The van der Waals surface area contributed by atoms with Gasteiger partial charge in [0.1, 0.15) is 17.3 Å². The van der Waals surface area contributed by atoms with Gasteiger partial charge in [0.25, 0.3) is 0 Å². The molecule has 0 aromatic rings. The van der Waals surface area contributed by atoms with E-state index in [1.54, 1.807) is 20.8 Å². The van der Waals surface area contributed by atoms with Gasteiger partial charge < -0.3 is 30.6 Å². The molecule has 0 aliphatic heterocycles. The first-order valence-corrected chi connectivity index (χ1v) is 30.1. The first-order chi connectivity index (χ1) is 33.8. The standard InChI is InChI=1S/2C21H34O3.C21H32O3/c3*1-12(22)16-6-7-17-15-5-4-13-10-14(23)8-9-20(13,2)19(15)18(24)11-21(16,17)3/h2*13-19,23-24H,4-11H2,1-3H3;4,14-19,23-24H,5-11H2,1-3H3/t2*13?,14-,15-,16+,17-,18-,19+,20-,21+;14-,15-,16+,17-,18-,19+,20-,21+/m000/s1. The molecule has 0 radical (unpaired) electrons. The first kappa shape index (κ1) is 53.9. The molecular formula is C63H100O9. The second-order valence-electron chi connectivity index (χ2n) is 29.6. The van der Waals surface area contributed by atoms with Crippen molar-refractivity contribution in [2.45, 2.75) is 247 Å². The van der Waals surface area contributed by atoms with Gasteiger partial charge in [0.2, 0.25) is 0 Å². The van der Waals surface area contributed by atoms with Gasteiger partial charge in [-0.3, -0.25) is 14.4 Å². The van der Waals surface area contributed by atoms with Gasteiger partial charge in [-0.25, -0.2) is 0 Å². The van der Waals surface area contributed by atoms with Crippen molar-refractivity contribution in [2.75, 3.05) is 0 Å². The number of hydrogen-bond acceptors (Lipinski definition) is 9. The van der Waals surface area contributed by atoms with E-state index < -0.39 is 0 Å². The normalized spacial score (nSPS) is 55.8. The monoisotopic (exact) mass is 1000 g/mol. The second-order valence-corrected chi connectivity index (χ2v) is 29.6. The zero-order valence-electron chi connectivity index (χ0n) is 46.3. The van der Waals surface area contributed by atoms with E-state index in [-0.39, 0.29) is 86.9 Å². The predicted octanol–water partition coefficient (Wildman–Crippen LogP) is 10.6. The van der Waals surface area contributed by atoms with E-state index in [4.69, 9.17) is 0 Å². The van der Waals surface area contributed by atoms with E-state index >= 15 is 0 Å². The predicted molar refractivity (Wildman–Crippen MR) is 280 cm³/mol. The Morgan fingerprint density at radius 3 is 1.21 bits per heavy atom. The van der Waals surface area contributed by atoms with Crippen molar-refractivity contribution in [3.05, 3.63) is 11.6 Å². The van der Waals surface area contributed by atoms with Crippen molar-refractivity contribution in [1.29, 1.82) is 0 Å². The second kappa shape index (κ2) is 19.2. The molecule has 72 heavy (non-hydrogen) atoms. The van der Waals surface area contributed by atoms with E-state index in [1.807, 2.05) is 0 Å². The summed E-state index contributed by atoms with van der Waals surface area (Å²) < 4.78 is 0. The molecule has 26 atom stereocenters. The number of carbonyl (C=O) groups is 3. The molecule has 0 saturated heterocycles. The summed E-state index contributed by atoms with van der Waals surface area (Å²) in [6.07, 6.45) is 24.0. The van der Waals surface area contributed by atoms with Gasteiger partial charge in [0.15, 0.2) is 0 Å². The highest BCUT2D eigenvalue weighted by molar-refractivity contribution is 5.80. The lowest BCUT2D eigenvalue weighted by Crippen LogP contribution is -2.59. The topological polar surface area (TPSA) is 173 Å². The molecule has 6 N–H and O–H groups in total. The maximum atomic E-state index is 12.2. The third-order valence-electron chi connectivity index (χ3n) is 26.6. The van der Waals surface area contributed by atoms with Crippen molar-refractivity contribution in [1.82, 2.24) is 0 Å². The average Bonchev–Trinajstić information content (AvgIpc) is 3.96. The Bertz CT molecular complexity index is 2010.